The molecule has 0 spiro atoms. The Morgan fingerprint density at radius 3 is 2.09 bits per heavy atom. The first-order valence-electron chi connectivity index (χ1n) is 9.73. The molecule has 32 heavy (non-hydrogen) atoms. The molecule has 0 amide bonds. The highest BCUT2D eigenvalue weighted by Gasteiger charge is 2.48. The van der Waals surface area contributed by atoms with Gasteiger partial charge in [-0.15, -0.1) is 0 Å². The number of aliphatic hydroxyl groups is 2. The Labute approximate surface area is 181 Å². The second kappa shape index (κ2) is 9.24. The molecule has 0 aliphatic carbocycles. The van der Waals surface area contributed by atoms with E-state index in [9.17, 15) is 30.4 Å². The van der Waals surface area contributed by atoms with E-state index in [0.717, 1.165) is 0 Å². The fourth-order valence-corrected chi connectivity index (χ4v) is 3.68. The zero-order chi connectivity index (χ0) is 22.8. The smallest absolute Gasteiger partial charge is 0.269 e. The van der Waals surface area contributed by atoms with Gasteiger partial charge in [0.15, 0.2) is 12.6 Å². The number of ether oxygens (including phenoxy) is 4. The first kappa shape index (κ1) is 22.2. The molecule has 0 aromatic heterocycles. The van der Waals surface area contributed by atoms with Crippen LogP contribution < -0.4 is 0 Å². The van der Waals surface area contributed by atoms with Crippen LogP contribution in [-0.4, -0.2) is 57.7 Å². The minimum absolute atomic E-state index is 0.00145. The lowest BCUT2D eigenvalue weighted by molar-refractivity contribution is -0.386. The molecule has 2 aliphatic heterocycles. The lowest BCUT2D eigenvalue weighted by Crippen LogP contribution is -2.58. The van der Waals surface area contributed by atoms with E-state index in [4.69, 9.17) is 18.9 Å². The monoisotopic (exact) mass is 448 g/mol. The van der Waals surface area contributed by atoms with Crippen LogP contribution in [-0.2, 0) is 18.9 Å². The summed E-state index contributed by atoms with van der Waals surface area (Å²) in [5.74, 6) is 0. The Hall–Kier alpha value is -3.00. The number of hydrogen-bond acceptors (Lipinski definition) is 10. The van der Waals surface area contributed by atoms with Crippen molar-refractivity contribution in [3.63, 3.8) is 0 Å². The van der Waals surface area contributed by atoms with E-state index in [0.29, 0.717) is 11.1 Å². The number of nitrogens with zero attached hydrogens (tertiary/aromatic N) is 2. The van der Waals surface area contributed by atoms with Gasteiger partial charge in [0.05, 0.1) is 23.1 Å². The van der Waals surface area contributed by atoms with Crippen LogP contribution >= 0.6 is 0 Å². The van der Waals surface area contributed by atoms with Gasteiger partial charge in [-0.25, -0.2) is 0 Å². The van der Waals surface area contributed by atoms with Crippen molar-refractivity contribution in [2.75, 3.05) is 13.2 Å². The average Bonchev–Trinajstić information content (AvgIpc) is 2.82. The number of nitro groups is 2. The Morgan fingerprint density at radius 1 is 0.938 bits per heavy atom. The molecule has 170 valence electrons. The molecule has 12 nitrogen and oxygen atoms in total. The summed E-state index contributed by atoms with van der Waals surface area (Å²) in [7, 11) is 0. The number of aliphatic hydroxyl groups excluding tert-OH is 2. The summed E-state index contributed by atoms with van der Waals surface area (Å²) >= 11 is 0. The zero-order valence-corrected chi connectivity index (χ0v) is 16.6. The normalized spacial score (nSPS) is 28.5. The van der Waals surface area contributed by atoms with E-state index in [1.54, 1.807) is 12.1 Å². The minimum Gasteiger partial charge on any atom is -0.394 e. The quantitative estimate of drug-likeness (QED) is 0.491. The standard InChI is InChI=1S/C20H20N2O10/c23-9-15(24)17-18-16(30-20(31-17)12-4-2-6-14(8-12)22(27)28)10-29-19(32-18)11-3-1-5-13(7-11)21(25)26/h1-8,15-20,23-24H,9-10H2/t15-,16+,17+,18+,19?,20?/m0/s1. The summed E-state index contributed by atoms with van der Waals surface area (Å²) in [5.41, 5.74) is 0.466. The molecule has 2 N–H and O–H groups in total. The largest absolute Gasteiger partial charge is 0.394 e. The van der Waals surface area contributed by atoms with Crippen molar-refractivity contribution in [2.24, 2.45) is 0 Å². The van der Waals surface area contributed by atoms with Crippen LogP contribution in [0.5, 0.6) is 0 Å². The second-order valence-electron chi connectivity index (χ2n) is 7.33. The van der Waals surface area contributed by atoms with Crippen molar-refractivity contribution in [1.82, 2.24) is 0 Å². The number of hydrogen-bond donors (Lipinski definition) is 2. The average molecular weight is 448 g/mol. The molecule has 2 aromatic rings. The maximum Gasteiger partial charge on any atom is 0.269 e. The number of fused-ring (bicyclic) bond motifs is 1. The van der Waals surface area contributed by atoms with Crippen molar-refractivity contribution < 1.29 is 39.0 Å². The summed E-state index contributed by atoms with van der Waals surface area (Å²) in [6.07, 6.45) is -6.03. The lowest BCUT2D eigenvalue weighted by Gasteiger charge is -2.47. The summed E-state index contributed by atoms with van der Waals surface area (Å²) in [6.45, 7) is -0.622. The minimum atomic E-state index is -1.34. The Bertz CT molecular complexity index is 1000. The van der Waals surface area contributed by atoms with Crippen molar-refractivity contribution in [3.05, 3.63) is 79.9 Å². The molecule has 2 saturated heterocycles. The van der Waals surface area contributed by atoms with Crippen LogP contribution in [0, 0.1) is 20.2 Å². The number of benzene rings is 2. The molecule has 12 heteroatoms. The molecule has 2 aromatic carbocycles. The highest BCUT2D eigenvalue weighted by molar-refractivity contribution is 5.36. The van der Waals surface area contributed by atoms with Gasteiger partial charge in [-0.05, 0) is 0 Å². The number of non-ortho nitro benzene ring substituents is 2. The third-order valence-corrected chi connectivity index (χ3v) is 5.23. The predicted molar refractivity (Wildman–Crippen MR) is 105 cm³/mol. The van der Waals surface area contributed by atoms with Gasteiger partial charge in [-0.2, -0.15) is 0 Å². The fourth-order valence-electron chi connectivity index (χ4n) is 3.68. The van der Waals surface area contributed by atoms with Gasteiger partial charge in [-0.3, -0.25) is 20.2 Å². The van der Waals surface area contributed by atoms with E-state index >= 15 is 0 Å². The van der Waals surface area contributed by atoms with Gasteiger partial charge in [0, 0.05) is 35.4 Å². The van der Waals surface area contributed by atoms with Crippen LogP contribution in [0.3, 0.4) is 0 Å². The van der Waals surface area contributed by atoms with Crippen LogP contribution in [0.4, 0.5) is 11.4 Å². The van der Waals surface area contributed by atoms with E-state index in [1.165, 1.54) is 36.4 Å². The molecule has 2 heterocycles. The predicted octanol–water partition coefficient (Wildman–Crippen LogP) is 1.75. The fraction of sp³-hybridized carbons (Fsp3) is 0.400. The molecule has 2 unspecified atom stereocenters. The lowest BCUT2D eigenvalue weighted by atomic mass is 9.99. The highest BCUT2D eigenvalue weighted by Crippen LogP contribution is 2.39. The van der Waals surface area contributed by atoms with Gasteiger partial charge < -0.3 is 29.2 Å². The molecule has 2 fully saturated rings. The van der Waals surface area contributed by atoms with Crippen LogP contribution in [0.1, 0.15) is 23.7 Å². The van der Waals surface area contributed by atoms with Gasteiger partial charge in [0.25, 0.3) is 11.4 Å². The first-order chi connectivity index (χ1) is 15.4. The summed E-state index contributed by atoms with van der Waals surface area (Å²) in [4.78, 5) is 21.1. The highest BCUT2D eigenvalue weighted by atomic mass is 16.8. The number of nitro benzene ring substituents is 2. The van der Waals surface area contributed by atoms with Crippen LogP contribution in [0.2, 0.25) is 0 Å². The van der Waals surface area contributed by atoms with Crippen molar-refractivity contribution >= 4 is 11.4 Å². The van der Waals surface area contributed by atoms with Crippen molar-refractivity contribution in [2.45, 2.75) is 37.0 Å². The van der Waals surface area contributed by atoms with Gasteiger partial charge in [-0.1, -0.05) is 24.3 Å². The SMILES string of the molecule is O=[N+]([O-])c1cccc(C2OC[C@H]3OC(c4cccc([N+](=O)[O-])c4)O[C@H]([C@@H](O)CO)[C@@H]3O2)c1. The van der Waals surface area contributed by atoms with E-state index in [1.807, 2.05) is 0 Å². The van der Waals surface area contributed by atoms with Crippen LogP contribution in [0.25, 0.3) is 0 Å². The second-order valence-corrected chi connectivity index (χ2v) is 7.33. The molecule has 6 atom stereocenters. The maximum atomic E-state index is 11.1. The van der Waals surface area contributed by atoms with Gasteiger partial charge in [0.1, 0.15) is 24.4 Å². The maximum absolute atomic E-state index is 11.1. The molecule has 2 aliphatic rings. The number of rotatable bonds is 6. The molecular formula is C20H20N2O10. The molecule has 0 radical (unpaired) electrons. The van der Waals surface area contributed by atoms with Crippen molar-refractivity contribution in [1.29, 1.82) is 0 Å². The Morgan fingerprint density at radius 2 is 1.53 bits per heavy atom. The molecule has 0 saturated carbocycles. The summed E-state index contributed by atoms with van der Waals surface area (Å²) in [6, 6.07) is 11.4. The third-order valence-electron chi connectivity index (χ3n) is 5.23. The summed E-state index contributed by atoms with van der Waals surface area (Å²) < 4.78 is 23.3. The van der Waals surface area contributed by atoms with Crippen LogP contribution in [0.15, 0.2) is 48.5 Å². The first-order valence-corrected chi connectivity index (χ1v) is 9.73. The summed E-state index contributed by atoms with van der Waals surface area (Å²) in [5, 5.41) is 42.0. The Balaban J connectivity index is 1.57. The molecule has 0 bridgehead atoms. The topological polar surface area (TPSA) is 164 Å². The zero-order valence-electron chi connectivity index (χ0n) is 16.6. The van der Waals surface area contributed by atoms with Gasteiger partial charge in [0.2, 0.25) is 0 Å². The molecular weight excluding hydrogens is 428 g/mol. The Kier molecular flexibility index (Phi) is 6.41. The van der Waals surface area contributed by atoms with Crippen molar-refractivity contribution in [3.8, 4) is 0 Å². The van der Waals surface area contributed by atoms with E-state index in [-0.39, 0.29) is 18.0 Å². The van der Waals surface area contributed by atoms with E-state index < -0.39 is 53.4 Å². The molecule has 4 rings (SSSR count). The van der Waals surface area contributed by atoms with E-state index in [2.05, 4.69) is 0 Å². The van der Waals surface area contributed by atoms with Gasteiger partial charge >= 0.3 is 0 Å². The third kappa shape index (κ3) is 4.46.